The Morgan fingerprint density at radius 1 is 0.714 bits per heavy atom. The standard InChI is InChI=1S/C10H27N3O6P2/c1-9(2,20(14,15)16)12-7-5-11-6-8-13-10(3,4)21(17,18)19/h11-13H,5-8H2,1-4H3,(H2,14,15,16)(H2,17,18,19)/p-1. The maximum atomic E-state index is 11.0. The van der Waals surface area contributed by atoms with Crippen molar-refractivity contribution < 1.29 is 44.7 Å². The lowest BCUT2D eigenvalue weighted by atomic mass is 10.3. The summed E-state index contributed by atoms with van der Waals surface area (Å²) in [5, 5.41) is 2.09. The zero-order valence-corrected chi connectivity index (χ0v) is 14.7. The maximum Gasteiger partial charge on any atom is 0.126 e. The van der Waals surface area contributed by atoms with Gasteiger partial charge in [0.05, 0.1) is 0 Å². The number of rotatable bonds is 10. The topological polar surface area (TPSA) is 176 Å². The third-order valence-corrected chi connectivity index (χ3v) is 6.63. The van der Waals surface area contributed by atoms with Crippen molar-refractivity contribution in [2.24, 2.45) is 0 Å². The Kier molecular flexibility index (Phi) is 7.70. The molecule has 0 fully saturated rings. The highest BCUT2D eigenvalue weighted by molar-refractivity contribution is 7.50. The van der Waals surface area contributed by atoms with Gasteiger partial charge < -0.3 is 44.7 Å². The Morgan fingerprint density at radius 2 is 1.00 bits per heavy atom. The molecule has 0 spiro atoms. The van der Waals surface area contributed by atoms with Crippen molar-refractivity contribution in [3.05, 3.63) is 0 Å². The molecule has 0 aliphatic rings. The van der Waals surface area contributed by atoms with Gasteiger partial charge in [-0.3, -0.25) is 0 Å². The van der Waals surface area contributed by atoms with Gasteiger partial charge in [0.2, 0.25) is 0 Å². The van der Waals surface area contributed by atoms with Crippen LogP contribution in [0.1, 0.15) is 27.7 Å². The lowest BCUT2D eigenvalue weighted by Crippen LogP contribution is -3.04. The summed E-state index contributed by atoms with van der Waals surface area (Å²) < 4.78 is 21.9. The maximum absolute atomic E-state index is 11.0. The lowest BCUT2D eigenvalue weighted by molar-refractivity contribution is -0.775. The van der Waals surface area contributed by atoms with Crippen molar-refractivity contribution in [3.8, 4) is 0 Å². The lowest BCUT2D eigenvalue weighted by Gasteiger charge is -2.42. The molecule has 0 heterocycles. The van der Waals surface area contributed by atoms with Gasteiger partial charge >= 0.3 is 0 Å². The van der Waals surface area contributed by atoms with E-state index in [0.29, 0.717) is 26.2 Å². The van der Waals surface area contributed by atoms with Crippen LogP contribution >= 0.6 is 15.2 Å². The molecule has 0 saturated carbocycles. The highest BCUT2D eigenvalue weighted by atomic mass is 31.2. The molecule has 0 rings (SSSR count). The summed E-state index contributed by atoms with van der Waals surface area (Å²) in [6.45, 7) is 7.54. The minimum atomic E-state index is -4.65. The molecule has 21 heavy (non-hydrogen) atoms. The van der Waals surface area contributed by atoms with Crippen molar-refractivity contribution >= 4 is 15.2 Å². The molecule has 0 aromatic carbocycles. The van der Waals surface area contributed by atoms with E-state index >= 15 is 0 Å². The Hall–Kier alpha value is 0.180. The van der Waals surface area contributed by atoms with E-state index in [0.717, 1.165) is 0 Å². The Balaban J connectivity index is 3.86. The fourth-order valence-electron chi connectivity index (χ4n) is 1.48. The molecular formula is C10H26N3O6P2-. The third kappa shape index (κ3) is 7.32. The molecule has 0 aliphatic heterocycles. The van der Waals surface area contributed by atoms with E-state index < -0.39 is 25.8 Å². The van der Waals surface area contributed by atoms with Crippen molar-refractivity contribution in [2.45, 2.75) is 38.3 Å². The molecule has 0 amide bonds. The predicted molar refractivity (Wildman–Crippen MR) is 68.6 cm³/mol. The predicted octanol–water partition coefficient (Wildman–Crippen LogP) is -6.02. The Labute approximate surface area is 125 Å². The molecule has 0 radical (unpaired) electrons. The van der Waals surface area contributed by atoms with Crippen LogP contribution in [0.2, 0.25) is 0 Å². The summed E-state index contributed by atoms with van der Waals surface area (Å²) >= 11 is 0. The molecule has 128 valence electrons. The van der Waals surface area contributed by atoms with Gasteiger partial charge in [0.25, 0.3) is 0 Å². The SMILES string of the molecule is CC(C)([NH2+]CC[NH2+]CC[NH2+]C(C)(C)P(=O)([O-])[O-])P(=O)([O-])[O-]. The molecule has 9 nitrogen and oxygen atoms in total. The Bertz CT molecular complexity index is 379. The molecule has 0 saturated heterocycles. The van der Waals surface area contributed by atoms with Crippen molar-refractivity contribution in [3.63, 3.8) is 0 Å². The van der Waals surface area contributed by atoms with E-state index in [9.17, 15) is 28.7 Å². The third-order valence-electron chi connectivity index (χ3n) is 3.44. The second-order valence-corrected chi connectivity index (χ2v) is 10.4. The minimum absolute atomic E-state index is 0.451. The first-order valence-corrected chi connectivity index (χ1v) is 9.84. The fourth-order valence-corrected chi connectivity index (χ4v) is 2.18. The van der Waals surface area contributed by atoms with Crippen molar-refractivity contribution in [1.82, 2.24) is 0 Å². The monoisotopic (exact) mass is 346 g/mol. The molecule has 0 aromatic rings. The molecule has 6 N–H and O–H groups in total. The molecule has 0 aromatic heterocycles. The first-order chi connectivity index (χ1) is 9.21. The first kappa shape index (κ1) is 21.2. The van der Waals surface area contributed by atoms with Crippen LogP contribution in [-0.4, -0.2) is 36.7 Å². The van der Waals surface area contributed by atoms with Crippen LogP contribution < -0.4 is 35.5 Å². The molecular weight excluding hydrogens is 320 g/mol. The zero-order valence-electron chi connectivity index (χ0n) is 12.9. The van der Waals surface area contributed by atoms with Gasteiger partial charge in [0.1, 0.15) is 36.7 Å². The number of nitrogens with two attached hydrogens (primary N) is 3. The Morgan fingerprint density at radius 3 is 1.24 bits per heavy atom. The molecule has 0 atom stereocenters. The molecule has 11 heteroatoms. The number of hydrogen-bond donors (Lipinski definition) is 3. The van der Waals surface area contributed by atoms with Gasteiger partial charge in [0, 0.05) is 0 Å². The summed E-state index contributed by atoms with van der Waals surface area (Å²) in [7, 11) is -9.29. The normalized spacial score (nSPS) is 14.5. The van der Waals surface area contributed by atoms with E-state index in [-0.39, 0.29) is 0 Å². The zero-order chi connectivity index (χ0) is 16.9. The van der Waals surface area contributed by atoms with Gasteiger partial charge in [0.15, 0.2) is 0 Å². The second-order valence-electron chi connectivity index (χ2n) is 6.15. The molecule has 0 aliphatic carbocycles. The summed E-state index contributed by atoms with van der Waals surface area (Å²) in [5.41, 5.74) is 0. The van der Waals surface area contributed by atoms with Crippen molar-refractivity contribution in [2.75, 3.05) is 26.2 Å². The average molecular weight is 346 g/mol. The van der Waals surface area contributed by atoms with Gasteiger partial charge in [-0.15, -0.1) is 0 Å². The highest BCUT2D eigenvalue weighted by Gasteiger charge is 2.26. The van der Waals surface area contributed by atoms with Crippen LogP contribution in [0.15, 0.2) is 0 Å². The van der Waals surface area contributed by atoms with Crippen molar-refractivity contribution in [1.29, 1.82) is 0 Å². The van der Waals surface area contributed by atoms with E-state index in [1.807, 2.05) is 5.32 Å². The first-order valence-electron chi connectivity index (χ1n) is 6.75. The highest BCUT2D eigenvalue weighted by Crippen LogP contribution is 2.36. The summed E-state index contributed by atoms with van der Waals surface area (Å²) in [6.07, 6.45) is 0. The van der Waals surface area contributed by atoms with Crippen LogP contribution in [0.5, 0.6) is 0 Å². The van der Waals surface area contributed by atoms with Crippen LogP contribution in [0, 0.1) is 0 Å². The van der Waals surface area contributed by atoms with E-state index in [4.69, 9.17) is 0 Å². The number of hydrogen-bond acceptors (Lipinski definition) is 6. The van der Waals surface area contributed by atoms with Crippen LogP contribution in [0.25, 0.3) is 0 Å². The largest absolute Gasteiger partial charge is 0.806 e. The second kappa shape index (κ2) is 7.64. The van der Waals surface area contributed by atoms with Gasteiger partial charge in [-0.25, -0.2) is 0 Å². The van der Waals surface area contributed by atoms with Gasteiger partial charge in [-0.2, -0.15) is 0 Å². The van der Waals surface area contributed by atoms with Crippen LogP contribution in [0.3, 0.4) is 0 Å². The van der Waals surface area contributed by atoms with E-state index in [1.54, 1.807) is 0 Å². The summed E-state index contributed by atoms with van der Waals surface area (Å²) in [6, 6.07) is 0. The van der Waals surface area contributed by atoms with E-state index in [1.165, 1.54) is 38.3 Å². The number of quaternary nitrogens is 3. The fraction of sp³-hybridized carbons (Fsp3) is 1.00. The summed E-state index contributed by atoms with van der Waals surface area (Å²) in [4.78, 5) is 43.9. The molecule has 0 unspecified atom stereocenters. The van der Waals surface area contributed by atoms with Crippen LogP contribution in [0.4, 0.5) is 0 Å². The summed E-state index contributed by atoms with van der Waals surface area (Å²) in [5.74, 6) is 0. The van der Waals surface area contributed by atoms with Gasteiger partial charge in [-0.05, 0) is 42.9 Å². The average Bonchev–Trinajstić information content (AvgIpc) is 2.24. The van der Waals surface area contributed by atoms with Gasteiger partial charge in [-0.1, -0.05) is 0 Å². The van der Waals surface area contributed by atoms with E-state index in [2.05, 4.69) is 0 Å². The minimum Gasteiger partial charge on any atom is -0.806 e. The van der Waals surface area contributed by atoms with Crippen LogP contribution in [-0.2, 0) is 9.13 Å². The molecule has 0 bridgehead atoms. The smallest absolute Gasteiger partial charge is 0.126 e. The quantitative estimate of drug-likeness (QED) is 0.262.